The van der Waals surface area contributed by atoms with Gasteiger partial charge in [-0.3, -0.25) is 9.59 Å². The lowest BCUT2D eigenvalue weighted by Gasteiger charge is -2.38. The SMILES string of the molecule is COC1CCC([C@@H]2CCN(C(=O)[C@H]3CC[C@H]([C@@H](CF)NC(=O)OC(C)(C)C)CC3)[C@@H]2C(=O)Nc2ccc3oc(C(=O)O)cc3c2)CC1. The Balaban J connectivity index is 1.28. The third-order valence-electron chi connectivity index (χ3n) is 10.2. The van der Waals surface area contributed by atoms with Crippen molar-refractivity contribution < 1.29 is 42.6 Å². The molecular weight excluding hydrogens is 609 g/mol. The number of amides is 3. The standard InChI is InChI=1S/C35H48FN3O8/c1-35(2,3)47-34(44)38-27(19-36)21-5-7-22(8-6-21)32(41)39-16-15-26(20-9-12-25(45-4)13-10-20)30(39)31(40)37-24-11-14-28-23(17-24)18-29(46-28)33(42)43/h11,14,17-18,20-22,25-27,30H,5-10,12-13,15-16,19H2,1-4H3,(H,37,40)(H,38,44)(H,42,43)/t20?,21-,22-,25?,26-,27+,30-/m0/s1. The minimum Gasteiger partial charge on any atom is -0.475 e. The summed E-state index contributed by atoms with van der Waals surface area (Å²) in [4.78, 5) is 53.6. The number of alkyl halides is 1. The number of halogens is 1. The third kappa shape index (κ3) is 8.25. The Morgan fingerprint density at radius 1 is 1.02 bits per heavy atom. The zero-order chi connectivity index (χ0) is 33.9. The van der Waals surface area contributed by atoms with E-state index in [1.807, 2.05) is 0 Å². The Labute approximate surface area is 274 Å². The number of furan rings is 1. The highest BCUT2D eigenvalue weighted by Crippen LogP contribution is 2.42. The smallest absolute Gasteiger partial charge is 0.407 e. The van der Waals surface area contributed by atoms with Gasteiger partial charge in [-0.2, -0.15) is 0 Å². The Kier molecular flexibility index (Phi) is 10.8. The van der Waals surface area contributed by atoms with Crippen molar-refractivity contribution >= 4 is 40.5 Å². The van der Waals surface area contributed by atoms with Crippen molar-refractivity contribution in [2.75, 3.05) is 25.6 Å². The highest BCUT2D eigenvalue weighted by molar-refractivity contribution is 6.00. The number of anilines is 1. The first kappa shape index (κ1) is 34.7. The number of hydrogen-bond acceptors (Lipinski definition) is 7. The van der Waals surface area contributed by atoms with E-state index in [0.717, 1.165) is 32.1 Å². The number of carbonyl (C=O) groups is 4. The normalized spacial score (nSPS) is 27.3. The average Bonchev–Trinajstić information content (AvgIpc) is 3.68. The molecule has 0 unspecified atom stereocenters. The molecule has 47 heavy (non-hydrogen) atoms. The van der Waals surface area contributed by atoms with Crippen LogP contribution in [0.1, 0.15) is 89.1 Å². The maximum atomic E-state index is 14.1. The lowest BCUT2D eigenvalue weighted by molar-refractivity contribution is -0.142. The topological polar surface area (TPSA) is 147 Å². The second-order valence-corrected chi connectivity index (χ2v) is 14.4. The number of hydrogen-bond donors (Lipinski definition) is 3. The number of carboxylic acid groups (broad SMARTS) is 1. The molecule has 0 spiro atoms. The minimum atomic E-state index is -1.17. The van der Waals surface area contributed by atoms with Crippen molar-refractivity contribution in [2.24, 2.45) is 23.7 Å². The van der Waals surface area contributed by atoms with Gasteiger partial charge in [-0.25, -0.2) is 14.0 Å². The molecule has 258 valence electrons. The molecule has 3 fully saturated rings. The number of ether oxygens (including phenoxy) is 2. The summed E-state index contributed by atoms with van der Waals surface area (Å²) in [6.07, 6.45) is 6.24. The van der Waals surface area contributed by atoms with Gasteiger partial charge in [0, 0.05) is 30.6 Å². The largest absolute Gasteiger partial charge is 0.475 e. The van der Waals surface area contributed by atoms with Crippen LogP contribution in [0.25, 0.3) is 11.0 Å². The van der Waals surface area contributed by atoms with Gasteiger partial charge in [0.1, 0.15) is 23.9 Å². The first-order valence-corrected chi connectivity index (χ1v) is 16.8. The highest BCUT2D eigenvalue weighted by atomic mass is 19.1. The first-order valence-electron chi connectivity index (χ1n) is 16.8. The monoisotopic (exact) mass is 657 g/mol. The van der Waals surface area contributed by atoms with Crippen molar-refractivity contribution in [2.45, 2.75) is 102 Å². The van der Waals surface area contributed by atoms with E-state index in [9.17, 15) is 28.7 Å². The van der Waals surface area contributed by atoms with Gasteiger partial charge in [-0.1, -0.05) is 0 Å². The molecule has 1 saturated heterocycles. The fraction of sp³-hybridized carbons (Fsp3) is 0.657. The Hall–Kier alpha value is -3.67. The van der Waals surface area contributed by atoms with E-state index in [0.29, 0.717) is 48.9 Å². The fourth-order valence-electron chi connectivity index (χ4n) is 7.83. The van der Waals surface area contributed by atoms with Gasteiger partial charge in [0.25, 0.3) is 0 Å². The zero-order valence-electron chi connectivity index (χ0n) is 27.8. The van der Waals surface area contributed by atoms with E-state index in [1.165, 1.54) is 6.07 Å². The number of alkyl carbamates (subject to hydrolysis) is 1. The molecule has 2 saturated carbocycles. The number of carbonyl (C=O) groups excluding carboxylic acids is 3. The molecule has 3 aliphatic rings. The molecular formula is C35H48FN3O8. The molecule has 3 amide bonds. The van der Waals surface area contributed by atoms with Gasteiger partial charge in [0.15, 0.2) is 0 Å². The Morgan fingerprint density at radius 3 is 2.34 bits per heavy atom. The van der Waals surface area contributed by atoms with Crippen LogP contribution in [0.4, 0.5) is 14.9 Å². The number of aromatic carboxylic acids is 1. The van der Waals surface area contributed by atoms with Gasteiger partial charge >= 0.3 is 12.1 Å². The summed E-state index contributed by atoms with van der Waals surface area (Å²) in [5.74, 6) is -1.79. The van der Waals surface area contributed by atoms with Crippen LogP contribution in [0.3, 0.4) is 0 Å². The van der Waals surface area contributed by atoms with Crippen LogP contribution in [-0.4, -0.2) is 78.0 Å². The second kappa shape index (κ2) is 14.6. The van der Waals surface area contributed by atoms with Gasteiger partial charge in [0.2, 0.25) is 17.6 Å². The predicted molar refractivity (Wildman–Crippen MR) is 173 cm³/mol. The van der Waals surface area contributed by atoms with E-state index in [-0.39, 0.29) is 47.4 Å². The molecule has 3 atom stereocenters. The predicted octanol–water partition coefficient (Wildman–Crippen LogP) is 6.16. The third-order valence-corrected chi connectivity index (χ3v) is 10.2. The molecule has 2 aromatic rings. The summed E-state index contributed by atoms with van der Waals surface area (Å²) in [5.41, 5.74) is 0.208. The van der Waals surface area contributed by atoms with Crippen LogP contribution in [0.5, 0.6) is 0 Å². The van der Waals surface area contributed by atoms with Gasteiger partial charge in [-0.05, 0) is 121 Å². The summed E-state index contributed by atoms with van der Waals surface area (Å²) in [6.45, 7) is 5.03. The number of nitrogens with zero attached hydrogens (tertiary/aromatic N) is 1. The molecule has 12 heteroatoms. The molecule has 1 aliphatic heterocycles. The summed E-state index contributed by atoms with van der Waals surface area (Å²) < 4.78 is 30.3. The van der Waals surface area contributed by atoms with Crippen molar-refractivity contribution in [3.63, 3.8) is 0 Å². The molecule has 3 N–H and O–H groups in total. The van der Waals surface area contributed by atoms with Crippen LogP contribution in [-0.2, 0) is 19.1 Å². The lowest BCUT2D eigenvalue weighted by atomic mass is 9.75. The molecule has 1 aromatic carbocycles. The maximum Gasteiger partial charge on any atom is 0.407 e. The van der Waals surface area contributed by atoms with Crippen LogP contribution >= 0.6 is 0 Å². The van der Waals surface area contributed by atoms with E-state index in [1.54, 1.807) is 51.0 Å². The number of rotatable bonds is 9. The number of nitrogens with one attached hydrogen (secondary N) is 2. The van der Waals surface area contributed by atoms with Crippen molar-refractivity contribution in [3.8, 4) is 0 Å². The summed E-state index contributed by atoms with van der Waals surface area (Å²) >= 11 is 0. The number of fused-ring (bicyclic) bond motifs is 1. The number of benzene rings is 1. The number of likely N-dealkylation sites (tertiary alicyclic amines) is 1. The number of carboxylic acids is 1. The lowest BCUT2D eigenvalue weighted by Crippen LogP contribution is -2.50. The quantitative estimate of drug-likeness (QED) is 0.291. The van der Waals surface area contributed by atoms with Crippen molar-refractivity contribution in [1.82, 2.24) is 10.2 Å². The zero-order valence-corrected chi connectivity index (χ0v) is 27.8. The molecule has 0 bridgehead atoms. The molecule has 2 aliphatic carbocycles. The highest BCUT2D eigenvalue weighted by Gasteiger charge is 2.47. The Bertz CT molecular complexity index is 1440. The van der Waals surface area contributed by atoms with Crippen LogP contribution in [0, 0.1) is 23.7 Å². The van der Waals surface area contributed by atoms with E-state index >= 15 is 0 Å². The van der Waals surface area contributed by atoms with Gasteiger partial charge in [0.05, 0.1) is 12.1 Å². The van der Waals surface area contributed by atoms with Gasteiger partial charge < -0.3 is 34.5 Å². The van der Waals surface area contributed by atoms with Crippen LogP contribution in [0.15, 0.2) is 28.7 Å². The summed E-state index contributed by atoms with van der Waals surface area (Å²) in [6, 6.07) is 5.06. The van der Waals surface area contributed by atoms with E-state index in [2.05, 4.69) is 10.6 Å². The average molecular weight is 658 g/mol. The van der Waals surface area contributed by atoms with Crippen molar-refractivity contribution in [1.29, 1.82) is 0 Å². The number of methoxy groups -OCH3 is 1. The van der Waals surface area contributed by atoms with E-state index < -0.39 is 36.4 Å². The van der Waals surface area contributed by atoms with Crippen molar-refractivity contribution in [3.05, 3.63) is 30.0 Å². The van der Waals surface area contributed by atoms with Crippen LogP contribution in [0.2, 0.25) is 0 Å². The molecule has 0 radical (unpaired) electrons. The van der Waals surface area contributed by atoms with E-state index in [4.69, 9.17) is 13.9 Å². The molecule has 5 rings (SSSR count). The fourth-order valence-corrected chi connectivity index (χ4v) is 7.83. The molecule has 2 heterocycles. The summed E-state index contributed by atoms with van der Waals surface area (Å²) in [5, 5.41) is 15.5. The maximum absolute atomic E-state index is 14.1. The first-order chi connectivity index (χ1) is 22.4. The summed E-state index contributed by atoms with van der Waals surface area (Å²) in [7, 11) is 1.73. The minimum absolute atomic E-state index is 0.00156. The molecule has 11 nitrogen and oxygen atoms in total. The second-order valence-electron chi connectivity index (χ2n) is 14.4. The Morgan fingerprint density at radius 2 is 1.72 bits per heavy atom. The van der Waals surface area contributed by atoms with Crippen LogP contribution < -0.4 is 10.6 Å². The van der Waals surface area contributed by atoms with Gasteiger partial charge in [-0.15, -0.1) is 0 Å². The molecule has 1 aromatic heterocycles.